The van der Waals surface area contributed by atoms with E-state index in [1.165, 1.54) is 0 Å². The molecular weight excluding hydrogens is 402 g/mol. The van der Waals surface area contributed by atoms with Gasteiger partial charge in [-0.2, -0.15) is 0 Å². The monoisotopic (exact) mass is 431 g/mol. The van der Waals surface area contributed by atoms with E-state index >= 15 is 0 Å². The zero-order chi connectivity index (χ0) is 22.5. The van der Waals surface area contributed by atoms with Gasteiger partial charge in [0.05, 0.1) is 25.3 Å². The molecule has 1 atom stereocenters. The zero-order valence-electron chi connectivity index (χ0n) is 18.7. The number of ether oxygens (including phenoxy) is 2. The van der Waals surface area contributed by atoms with Crippen LogP contribution in [0.15, 0.2) is 60.9 Å². The van der Waals surface area contributed by atoms with E-state index in [0.717, 1.165) is 64.2 Å². The molecule has 0 spiro atoms. The molecule has 0 bridgehead atoms. The van der Waals surface area contributed by atoms with Gasteiger partial charge in [0.25, 0.3) is 0 Å². The van der Waals surface area contributed by atoms with Crippen LogP contribution in [0.2, 0.25) is 0 Å². The van der Waals surface area contributed by atoms with Crippen LogP contribution in [0, 0.1) is 0 Å². The summed E-state index contributed by atoms with van der Waals surface area (Å²) in [6.45, 7) is 2.38. The summed E-state index contributed by atoms with van der Waals surface area (Å²) in [4.78, 5) is 11.1. The van der Waals surface area contributed by atoms with Gasteiger partial charge in [0.15, 0.2) is 0 Å². The largest absolute Gasteiger partial charge is 0.497 e. The molecule has 0 amide bonds. The van der Waals surface area contributed by atoms with Crippen molar-refractivity contribution in [1.82, 2.24) is 14.9 Å². The van der Waals surface area contributed by atoms with Crippen LogP contribution in [-0.4, -0.2) is 55.8 Å². The zero-order valence-corrected chi connectivity index (χ0v) is 18.7. The Kier molecular flexibility index (Phi) is 6.68. The molecule has 0 saturated heterocycles. The number of hydrogen-bond acceptors (Lipinski definition) is 7. The van der Waals surface area contributed by atoms with Crippen LogP contribution < -0.4 is 20.5 Å². The van der Waals surface area contributed by atoms with Crippen LogP contribution in [0.4, 0.5) is 5.69 Å². The maximum absolute atomic E-state index is 6.58. The molecule has 2 heterocycles. The van der Waals surface area contributed by atoms with Gasteiger partial charge < -0.3 is 25.4 Å². The van der Waals surface area contributed by atoms with Crippen molar-refractivity contribution < 1.29 is 9.47 Å². The molecule has 3 N–H and O–H groups in total. The van der Waals surface area contributed by atoms with E-state index in [1.807, 2.05) is 60.9 Å². The van der Waals surface area contributed by atoms with E-state index < -0.39 is 0 Å². The smallest absolute Gasteiger partial charge is 0.121 e. The van der Waals surface area contributed by atoms with Gasteiger partial charge in [0, 0.05) is 66.7 Å². The van der Waals surface area contributed by atoms with E-state index in [1.54, 1.807) is 14.2 Å². The average molecular weight is 432 g/mol. The highest BCUT2D eigenvalue weighted by molar-refractivity contribution is 5.91. The van der Waals surface area contributed by atoms with E-state index in [0.29, 0.717) is 0 Å². The highest BCUT2D eigenvalue weighted by Gasteiger charge is 2.13. The van der Waals surface area contributed by atoms with E-state index in [4.69, 9.17) is 15.2 Å². The van der Waals surface area contributed by atoms with Gasteiger partial charge in [-0.25, -0.2) is 0 Å². The van der Waals surface area contributed by atoms with Crippen molar-refractivity contribution in [2.75, 3.05) is 46.2 Å². The molecule has 7 nitrogen and oxygen atoms in total. The Bertz CT molecular complexity index is 1210. The second-order valence-corrected chi connectivity index (χ2v) is 7.82. The van der Waals surface area contributed by atoms with Gasteiger partial charge in [-0.1, -0.05) is 0 Å². The number of nitrogens with one attached hydrogen (secondary N) is 1. The summed E-state index contributed by atoms with van der Waals surface area (Å²) >= 11 is 0. The predicted octanol–water partition coefficient (Wildman–Crippen LogP) is 3.84. The third kappa shape index (κ3) is 4.74. The summed E-state index contributed by atoms with van der Waals surface area (Å²) in [7, 11) is 5.41. The SMILES string of the molecule is COc1ccc2c(NCCN(C)CC(N)c3ccnc4cc(OC)ccc34)ccnc2c1. The Morgan fingerprint density at radius 3 is 2.22 bits per heavy atom. The Hall–Kier alpha value is -3.42. The highest BCUT2D eigenvalue weighted by atomic mass is 16.5. The topological polar surface area (TPSA) is 85.5 Å². The van der Waals surface area contributed by atoms with Gasteiger partial charge in [-0.3, -0.25) is 9.97 Å². The standard InChI is InChI=1S/C25H29N5O2/c1-30(13-12-29-23-9-11-28-25-15-18(32-3)5-7-21(23)25)16-22(26)19-8-10-27-24-14-17(31-2)4-6-20(19)24/h4-11,14-15,22H,12-13,16,26H2,1-3H3,(H,28,29). The predicted molar refractivity (Wildman–Crippen MR) is 130 cm³/mol. The second kappa shape index (κ2) is 9.80. The average Bonchev–Trinajstić information content (AvgIpc) is 2.82. The summed E-state index contributed by atoms with van der Waals surface area (Å²) in [5.74, 6) is 1.60. The number of hydrogen-bond donors (Lipinski definition) is 2. The lowest BCUT2D eigenvalue weighted by atomic mass is 10.0. The molecule has 4 aromatic rings. The molecule has 0 fully saturated rings. The minimum Gasteiger partial charge on any atom is -0.497 e. The van der Waals surface area contributed by atoms with Crippen LogP contribution in [0.1, 0.15) is 11.6 Å². The Morgan fingerprint density at radius 1 is 0.906 bits per heavy atom. The number of methoxy groups -OCH3 is 2. The van der Waals surface area contributed by atoms with E-state index in [9.17, 15) is 0 Å². The number of likely N-dealkylation sites (N-methyl/N-ethyl adjacent to an activating group) is 1. The lowest BCUT2D eigenvalue weighted by Gasteiger charge is -2.23. The summed E-state index contributed by atoms with van der Waals surface area (Å²) in [6, 6.07) is 15.7. The second-order valence-electron chi connectivity index (χ2n) is 7.82. The van der Waals surface area contributed by atoms with Crippen LogP contribution in [0.5, 0.6) is 11.5 Å². The first-order valence-corrected chi connectivity index (χ1v) is 10.6. The number of rotatable bonds is 9. The van der Waals surface area contributed by atoms with Crippen molar-refractivity contribution in [1.29, 1.82) is 0 Å². The molecule has 0 aliphatic rings. The molecular formula is C25H29N5O2. The van der Waals surface area contributed by atoms with Crippen molar-refractivity contribution in [3.8, 4) is 11.5 Å². The summed E-state index contributed by atoms with van der Waals surface area (Å²) < 4.78 is 10.6. The number of fused-ring (bicyclic) bond motifs is 2. The van der Waals surface area contributed by atoms with Gasteiger partial charge in [-0.05, 0) is 49.0 Å². The van der Waals surface area contributed by atoms with E-state index in [2.05, 4.69) is 27.2 Å². The number of nitrogens with zero attached hydrogens (tertiary/aromatic N) is 3. The number of anilines is 1. The minimum atomic E-state index is -0.117. The molecule has 0 radical (unpaired) electrons. The van der Waals surface area contributed by atoms with Gasteiger partial charge >= 0.3 is 0 Å². The number of benzene rings is 2. The molecule has 1 unspecified atom stereocenters. The normalized spacial score (nSPS) is 12.3. The fourth-order valence-electron chi connectivity index (χ4n) is 3.92. The molecule has 0 aliphatic carbocycles. The lowest BCUT2D eigenvalue weighted by molar-refractivity contribution is 0.324. The van der Waals surface area contributed by atoms with Gasteiger partial charge in [0.1, 0.15) is 11.5 Å². The molecule has 2 aromatic carbocycles. The molecule has 0 saturated carbocycles. The first-order valence-electron chi connectivity index (χ1n) is 10.6. The first kappa shape index (κ1) is 21.8. The molecule has 0 aliphatic heterocycles. The van der Waals surface area contributed by atoms with Crippen LogP contribution >= 0.6 is 0 Å². The quantitative estimate of drug-likeness (QED) is 0.416. The van der Waals surface area contributed by atoms with Gasteiger partial charge in [-0.15, -0.1) is 0 Å². The van der Waals surface area contributed by atoms with Crippen molar-refractivity contribution >= 4 is 27.5 Å². The number of aromatic nitrogens is 2. The van der Waals surface area contributed by atoms with Crippen molar-refractivity contribution in [2.24, 2.45) is 5.73 Å². The summed E-state index contributed by atoms with van der Waals surface area (Å²) in [6.07, 6.45) is 3.62. The van der Waals surface area contributed by atoms with E-state index in [-0.39, 0.29) is 6.04 Å². The van der Waals surface area contributed by atoms with Crippen molar-refractivity contribution in [2.45, 2.75) is 6.04 Å². The Balaban J connectivity index is 1.38. The van der Waals surface area contributed by atoms with Crippen molar-refractivity contribution in [3.63, 3.8) is 0 Å². The van der Waals surface area contributed by atoms with Gasteiger partial charge in [0.2, 0.25) is 0 Å². The maximum atomic E-state index is 6.58. The number of pyridine rings is 2. The fourth-order valence-corrected chi connectivity index (χ4v) is 3.92. The van der Waals surface area contributed by atoms with Crippen LogP contribution in [0.3, 0.4) is 0 Å². The number of nitrogens with two attached hydrogens (primary N) is 1. The lowest BCUT2D eigenvalue weighted by Crippen LogP contribution is -2.32. The summed E-state index contributed by atoms with van der Waals surface area (Å²) in [5.41, 5.74) is 10.5. The first-order chi connectivity index (χ1) is 15.6. The van der Waals surface area contributed by atoms with Crippen LogP contribution in [0.25, 0.3) is 21.8 Å². The Labute approximate surface area is 188 Å². The third-order valence-corrected chi connectivity index (χ3v) is 5.65. The third-order valence-electron chi connectivity index (χ3n) is 5.65. The summed E-state index contributed by atoms with van der Waals surface area (Å²) in [5, 5.41) is 5.66. The minimum absolute atomic E-state index is 0.117. The van der Waals surface area contributed by atoms with Crippen molar-refractivity contribution in [3.05, 3.63) is 66.5 Å². The van der Waals surface area contributed by atoms with Crippen LogP contribution in [-0.2, 0) is 0 Å². The Morgan fingerprint density at radius 2 is 1.53 bits per heavy atom. The highest BCUT2D eigenvalue weighted by Crippen LogP contribution is 2.26. The molecule has 4 rings (SSSR count). The molecule has 2 aromatic heterocycles. The molecule has 7 heteroatoms. The fraction of sp³-hybridized carbons (Fsp3) is 0.280. The maximum Gasteiger partial charge on any atom is 0.121 e. The molecule has 32 heavy (non-hydrogen) atoms. The molecule has 166 valence electrons.